The molecule has 5 aliphatic rings. The molecule has 0 spiro atoms. The predicted octanol–water partition coefficient (Wildman–Crippen LogP) is 4.78. The molecule has 0 aromatic carbocycles. The summed E-state index contributed by atoms with van der Waals surface area (Å²) < 4.78 is 0. The molecule has 5 rings (SSSR count). The highest BCUT2D eigenvalue weighted by molar-refractivity contribution is 5.92. The molecule has 4 heteroatoms. The number of hydrogen-bond acceptors (Lipinski definition) is 4. The average molecular weight is 401 g/mol. The van der Waals surface area contributed by atoms with Crippen LogP contribution in [0.15, 0.2) is 16.8 Å². The van der Waals surface area contributed by atoms with Crippen LogP contribution in [0.3, 0.4) is 0 Å². The number of nitrogens with zero attached hydrogens (tertiary/aromatic N) is 2. The molecule has 6 atom stereocenters. The summed E-state index contributed by atoms with van der Waals surface area (Å²) in [5.74, 6) is 2.34. The van der Waals surface area contributed by atoms with Crippen molar-refractivity contribution in [3.05, 3.63) is 11.6 Å². The summed E-state index contributed by atoms with van der Waals surface area (Å²) in [5, 5.41) is 14.9. The Morgan fingerprint density at radius 3 is 2.69 bits per heavy atom. The fourth-order valence-corrected chi connectivity index (χ4v) is 7.88. The molecular weight excluding hydrogens is 360 g/mol. The van der Waals surface area contributed by atoms with Gasteiger partial charge >= 0.3 is 0 Å². The lowest BCUT2D eigenvalue weighted by Crippen LogP contribution is -2.50. The van der Waals surface area contributed by atoms with Gasteiger partial charge in [0, 0.05) is 12.0 Å². The first-order valence-corrected chi connectivity index (χ1v) is 12.3. The highest BCUT2D eigenvalue weighted by atomic mass is 16.6. The second-order valence-corrected chi connectivity index (χ2v) is 11.1. The van der Waals surface area contributed by atoms with E-state index in [0.29, 0.717) is 5.41 Å². The van der Waals surface area contributed by atoms with E-state index in [1.807, 2.05) is 0 Å². The van der Waals surface area contributed by atoms with Crippen LogP contribution in [-0.2, 0) is 4.84 Å². The lowest BCUT2D eigenvalue weighted by atomic mass is 9.48. The van der Waals surface area contributed by atoms with Crippen molar-refractivity contribution in [2.45, 2.75) is 84.2 Å². The molecule has 29 heavy (non-hydrogen) atoms. The molecule has 1 heterocycles. The smallest absolute Gasteiger partial charge is 0.129 e. The van der Waals surface area contributed by atoms with Crippen molar-refractivity contribution in [2.75, 3.05) is 26.2 Å². The van der Waals surface area contributed by atoms with E-state index in [9.17, 15) is 5.11 Å². The Morgan fingerprint density at radius 2 is 1.86 bits per heavy atom. The molecular formula is C25H40N2O2. The maximum absolute atomic E-state index is 10.2. The van der Waals surface area contributed by atoms with Crippen LogP contribution in [0.5, 0.6) is 0 Å². The monoisotopic (exact) mass is 400 g/mol. The summed E-state index contributed by atoms with van der Waals surface area (Å²) in [6.45, 7) is 9.22. The SMILES string of the molecule is C[C@]12CC[C@H](O)CC1=CC[C@@H]1[C@@H]2CC[C@]2(C)C(=NOCCN3CCCC3)CC[C@@H]12. The third kappa shape index (κ3) is 3.39. The summed E-state index contributed by atoms with van der Waals surface area (Å²) in [5.41, 5.74) is 3.49. The number of likely N-dealkylation sites (tertiary alicyclic amines) is 1. The topological polar surface area (TPSA) is 45.1 Å². The summed E-state index contributed by atoms with van der Waals surface area (Å²) in [7, 11) is 0. The zero-order valence-electron chi connectivity index (χ0n) is 18.5. The van der Waals surface area contributed by atoms with Crippen LogP contribution in [-0.4, -0.2) is 48.1 Å². The van der Waals surface area contributed by atoms with Gasteiger partial charge in [-0.1, -0.05) is 30.7 Å². The fourth-order valence-electron chi connectivity index (χ4n) is 7.88. The van der Waals surface area contributed by atoms with E-state index in [1.165, 1.54) is 63.7 Å². The van der Waals surface area contributed by atoms with E-state index < -0.39 is 0 Å². The summed E-state index contributed by atoms with van der Waals surface area (Å²) in [6.07, 6.45) is 14.4. The molecule has 4 nitrogen and oxygen atoms in total. The normalized spacial score (nSPS) is 46.2. The number of aliphatic hydroxyl groups excluding tert-OH is 1. The molecule has 4 aliphatic carbocycles. The molecule has 1 aliphatic heterocycles. The van der Waals surface area contributed by atoms with Crippen LogP contribution in [0, 0.1) is 28.6 Å². The van der Waals surface area contributed by atoms with E-state index in [0.717, 1.165) is 50.2 Å². The second-order valence-electron chi connectivity index (χ2n) is 11.1. The summed E-state index contributed by atoms with van der Waals surface area (Å²) >= 11 is 0. The van der Waals surface area contributed by atoms with Crippen LogP contribution >= 0.6 is 0 Å². The summed E-state index contributed by atoms with van der Waals surface area (Å²) in [4.78, 5) is 8.35. The molecule has 4 fully saturated rings. The summed E-state index contributed by atoms with van der Waals surface area (Å²) in [6, 6.07) is 0. The van der Waals surface area contributed by atoms with Crippen LogP contribution in [0.1, 0.15) is 78.1 Å². The van der Waals surface area contributed by atoms with E-state index >= 15 is 0 Å². The lowest BCUT2D eigenvalue weighted by molar-refractivity contribution is -0.0217. The minimum absolute atomic E-state index is 0.109. The van der Waals surface area contributed by atoms with Crippen molar-refractivity contribution < 1.29 is 9.94 Å². The first-order valence-electron chi connectivity index (χ1n) is 12.3. The average Bonchev–Trinajstić information content (AvgIpc) is 3.33. The van der Waals surface area contributed by atoms with Crippen molar-refractivity contribution in [2.24, 2.45) is 33.7 Å². The van der Waals surface area contributed by atoms with Gasteiger partial charge < -0.3 is 9.94 Å². The second kappa shape index (κ2) is 7.67. The molecule has 0 aromatic rings. The van der Waals surface area contributed by atoms with Crippen molar-refractivity contribution in [3.63, 3.8) is 0 Å². The molecule has 0 unspecified atom stereocenters. The molecule has 0 amide bonds. The van der Waals surface area contributed by atoms with E-state index in [2.05, 4.69) is 24.8 Å². The minimum Gasteiger partial charge on any atom is -0.394 e. The van der Waals surface area contributed by atoms with Gasteiger partial charge in [-0.2, -0.15) is 0 Å². The number of oxime groups is 1. The van der Waals surface area contributed by atoms with Gasteiger partial charge in [-0.05, 0) is 100 Å². The molecule has 162 valence electrons. The Kier molecular flexibility index (Phi) is 5.31. The van der Waals surface area contributed by atoms with Gasteiger partial charge in [0.25, 0.3) is 0 Å². The van der Waals surface area contributed by atoms with Gasteiger partial charge in [0.2, 0.25) is 0 Å². The Bertz CT molecular complexity index is 682. The maximum atomic E-state index is 10.2. The number of allylic oxidation sites excluding steroid dienone is 1. The molecule has 3 saturated carbocycles. The van der Waals surface area contributed by atoms with Crippen molar-refractivity contribution in [1.82, 2.24) is 4.90 Å². The van der Waals surface area contributed by atoms with Crippen LogP contribution in [0.4, 0.5) is 0 Å². The van der Waals surface area contributed by atoms with Gasteiger partial charge in [-0.15, -0.1) is 0 Å². The Morgan fingerprint density at radius 1 is 1.10 bits per heavy atom. The first kappa shape index (κ1) is 20.1. The van der Waals surface area contributed by atoms with E-state index in [1.54, 1.807) is 5.57 Å². The third-order valence-corrected chi connectivity index (χ3v) is 9.69. The Balaban J connectivity index is 1.27. The highest BCUT2D eigenvalue weighted by Gasteiger charge is 2.58. The zero-order chi connectivity index (χ0) is 20.1. The minimum atomic E-state index is -0.109. The number of aliphatic hydroxyl groups is 1. The van der Waals surface area contributed by atoms with Gasteiger partial charge in [-0.25, -0.2) is 0 Å². The predicted molar refractivity (Wildman–Crippen MR) is 117 cm³/mol. The highest BCUT2D eigenvalue weighted by Crippen LogP contribution is 2.64. The quantitative estimate of drug-likeness (QED) is 0.420. The zero-order valence-corrected chi connectivity index (χ0v) is 18.5. The molecule has 0 radical (unpaired) electrons. The van der Waals surface area contributed by atoms with Gasteiger partial charge in [0.15, 0.2) is 0 Å². The third-order valence-electron chi connectivity index (χ3n) is 9.69. The lowest BCUT2D eigenvalue weighted by Gasteiger charge is -2.57. The van der Waals surface area contributed by atoms with Crippen molar-refractivity contribution in [3.8, 4) is 0 Å². The molecule has 0 bridgehead atoms. The number of hydrogen-bond donors (Lipinski definition) is 1. The molecule has 0 aromatic heterocycles. The maximum Gasteiger partial charge on any atom is 0.129 e. The van der Waals surface area contributed by atoms with Crippen LogP contribution in [0.2, 0.25) is 0 Å². The number of fused-ring (bicyclic) bond motifs is 5. The number of rotatable bonds is 4. The molecule has 1 N–H and O–H groups in total. The van der Waals surface area contributed by atoms with Crippen LogP contribution < -0.4 is 0 Å². The van der Waals surface area contributed by atoms with Crippen molar-refractivity contribution >= 4 is 5.71 Å². The first-order chi connectivity index (χ1) is 14.0. The fraction of sp³-hybridized carbons (Fsp3) is 0.880. The van der Waals surface area contributed by atoms with E-state index in [-0.39, 0.29) is 11.5 Å². The Hall–Kier alpha value is -0.870. The van der Waals surface area contributed by atoms with Crippen molar-refractivity contribution in [1.29, 1.82) is 0 Å². The Labute approximate surface area is 176 Å². The molecule has 1 saturated heterocycles. The van der Waals surface area contributed by atoms with Gasteiger partial charge in [0.1, 0.15) is 6.61 Å². The van der Waals surface area contributed by atoms with E-state index in [4.69, 9.17) is 9.99 Å². The standard InChI is InChI=1S/C25H40N2O2/c1-24-11-9-19(28)17-18(24)5-6-20-21-7-8-23(25(21,2)12-10-22(20)24)26-29-16-15-27-13-3-4-14-27/h5,19-22,28H,3-4,6-17H2,1-2H3/t19-,20-,21-,22-,24-,25-/m0/s1. The largest absolute Gasteiger partial charge is 0.394 e. The van der Waals surface area contributed by atoms with Crippen LogP contribution in [0.25, 0.3) is 0 Å². The van der Waals surface area contributed by atoms with Gasteiger partial charge in [-0.3, -0.25) is 4.90 Å². The van der Waals surface area contributed by atoms with Gasteiger partial charge in [0.05, 0.1) is 11.8 Å².